The second-order valence-electron chi connectivity index (χ2n) is 5.28. The van der Waals surface area contributed by atoms with Crippen LogP contribution < -0.4 is 10.5 Å². The van der Waals surface area contributed by atoms with Crippen molar-refractivity contribution in [3.05, 3.63) is 17.9 Å². The third-order valence-corrected chi connectivity index (χ3v) is 4.62. The number of nitrogens with two attached hydrogens (primary N) is 1. The summed E-state index contributed by atoms with van der Waals surface area (Å²) in [7, 11) is -3.73. The van der Waals surface area contributed by atoms with Crippen molar-refractivity contribution in [2.45, 2.75) is 56.7 Å². The molecule has 1 aromatic rings. The van der Waals surface area contributed by atoms with Gasteiger partial charge in [-0.05, 0) is 30.9 Å². The summed E-state index contributed by atoms with van der Waals surface area (Å²) >= 11 is 0. The van der Waals surface area contributed by atoms with Gasteiger partial charge in [-0.15, -0.1) is 0 Å². The lowest BCUT2D eigenvalue weighted by Gasteiger charge is -2.28. The van der Waals surface area contributed by atoms with E-state index in [2.05, 4.69) is 12.2 Å². The molecule has 0 radical (unpaired) electrons. The highest BCUT2D eigenvalue weighted by molar-refractivity contribution is 7.89. The lowest BCUT2D eigenvalue weighted by atomic mass is 9.84. The maximum Gasteiger partial charge on any atom is 0.271 e. The minimum Gasteiger partial charge on any atom is -0.447 e. The highest BCUT2D eigenvalue weighted by atomic mass is 32.2. The van der Waals surface area contributed by atoms with Gasteiger partial charge in [-0.1, -0.05) is 26.2 Å². The van der Waals surface area contributed by atoms with E-state index in [1.54, 1.807) is 6.07 Å². The fourth-order valence-corrected chi connectivity index (χ4v) is 3.18. The zero-order valence-corrected chi connectivity index (χ0v) is 12.1. The van der Waals surface area contributed by atoms with Gasteiger partial charge in [-0.25, -0.2) is 13.6 Å². The molecule has 0 bridgehead atoms. The summed E-state index contributed by atoms with van der Waals surface area (Å²) in [5, 5.41) is 8.27. The molecule has 1 heterocycles. The molecule has 1 aliphatic carbocycles. The Hall–Kier alpha value is -0.850. The van der Waals surface area contributed by atoms with Gasteiger partial charge in [0, 0.05) is 6.04 Å². The summed E-state index contributed by atoms with van der Waals surface area (Å²) in [6, 6.07) is 3.57. The Kier molecular flexibility index (Phi) is 4.65. The molecule has 0 saturated heterocycles. The molecular formula is C13H22N2O3S. The molecule has 2 unspecified atom stereocenters. The first-order valence-corrected chi connectivity index (χ1v) is 8.38. The van der Waals surface area contributed by atoms with E-state index in [1.165, 1.54) is 38.2 Å². The minimum atomic E-state index is -3.73. The lowest BCUT2D eigenvalue weighted by Crippen LogP contribution is -2.33. The molecule has 0 aromatic carbocycles. The summed E-state index contributed by atoms with van der Waals surface area (Å²) < 4.78 is 27.4. The Morgan fingerprint density at radius 3 is 2.84 bits per heavy atom. The molecule has 0 amide bonds. The van der Waals surface area contributed by atoms with Gasteiger partial charge in [0.15, 0.2) is 0 Å². The normalized spacial score (nSPS) is 24.5. The van der Waals surface area contributed by atoms with Crippen LogP contribution in [0.4, 0.5) is 0 Å². The van der Waals surface area contributed by atoms with Crippen LogP contribution in [0.15, 0.2) is 21.6 Å². The molecule has 0 spiro atoms. The second kappa shape index (κ2) is 6.07. The smallest absolute Gasteiger partial charge is 0.271 e. The van der Waals surface area contributed by atoms with Crippen molar-refractivity contribution >= 4 is 10.0 Å². The van der Waals surface area contributed by atoms with E-state index >= 15 is 0 Å². The fraction of sp³-hybridized carbons (Fsp3) is 0.692. The van der Waals surface area contributed by atoms with Crippen LogP contribution in [0.3, 0.4) is 0 Å². The number of hydrogen-bond acceptors (Lipinski definition) is 4. The van der Waals surface area contributed by atoms with Crippen molar-refractivity contribution in [2.75, 3.05) is 0 Å². The molecule has 1 fully saturated rings. The van der Waals surface area contributed by atoms with Crippen molar-refractivity contribution in [3.8, 4) is 0 Å². The second-order valence-corrected chi connectivity index (χ2v) is 6.78. The SMILES string of the molecule is CCC1CCCC(NCc2ccc(S(N)(=O)=O)o2)C1. The van der Waals surface area contributed by atoms with E-state index in [0.29, 0.717) is 18.3 Å². The first kappa shape index (κ1) is 14.6. The molecular weight excluding hydrogens is 264 g/mol. The molecule has 1 saturated carbocycles. The molecule has 5 nitrogen and oxygen atoms in total. The van der Waals surface area contributed by atoms with Crippen molar-refractivity contribution in [3.63, 3.8) is 0 Å². The molecule has 108 valence electrons. The molecule has 1 aromatic heterocycles. The summed E-state index contributed by atoms with van der Waals surface area (Å²) in [5.41, 5.74) is 0. The molecule has 3 N–H and O–H groups in total. The standard InChI is InChI=1S/C13H22N2O3S/c1-2-10-4-3-5-11(8-10)15-9-12-6-7-13(18-12)19(14,16)17/h6-7,10-11,15H,2-5,8-9H2,1H3,(H2,14,16,17). The maximum atomic E-state index is 11.1. The van der Waals surface area contributed by atoms with Gasteiger partial charge >= 0.3 is 0 Å². The van der Waals surface area contributed by atoms with Crippen molar-refractivity contribution in [1.82, 2.24) is 5.32 Å². The number of primary sulfonamides is 1. The maximum absolute atomic E-state index is 11.1. The largest absolute Gasteiger partial charge is 0.447 e. The first-order valence-electron chi connectivity index (χ1n) is 6.84. The van der Waals surface area contributed by atoms with Crippen LogP contribution in [-0.4, -0.2) is 14.5 Å². The van der Waals surface area contributed by atoms with Crippen LogP contribution in [0, 0.1) is 5.92 Å². The van der Waals surface area contributed by atoms with Crippen molar-refractivity contribution in [2.24, 2.45) is 11.1 Å². The van der Waals surface area contributed by atoms with Gasteiger partial charge in [-0.2, -0.15) is 0 Å². The van der Waals surface area contributed by atoms with E-state index < -0.39 is 10.0 Å². The van der Waals surface area contributed by atoms with Crippen LogP contribution in [0.25, 0.3) is 0 Å². The number of sulfonamides is 1. The highest BCUT2D eigenvalue weighted by Crippen LogP contribution is 2.26. The molecule has 0 aliphatic heterocycles. The van der Waals surface area contributed by atoms with Gasteiger partial charge in [-0.3, -0.25) is 0 Å². The summed E-state index contributed by atoms with van der Waals surface area (Å²) in [4.78, 5) is 0. The van der Waals surface area contributed by atoms with Crippen LogP contribution >= 0.6 is 0 Å². The molecule has 6 heteroatoms. The average Bonchev–Trinajstić information content (AvgIpc) is 2.85. The Labute approximate surface area is 114 Å². The number of rotatable bonds is 5. The van der Waals surface area contributed by atoms with Gasteiger partial charge < -0.3 is 9.73 Å². The Morgan fingerprint density at radius 1 is 1.42 bits per heavy atom. The van der Waals surface area contributed by atoms with E-state index in [0.717, 1.165) is 5.92 Å². The third-order valence-electron chi connectivity index (χ3n) is 3.84. The van der Waals surface area contributed by atoms with Gasteiger partial charge in [0.2, 0.25) is 5.09 Å². The highest BCUT2D eigenvalue weighted by Gasteiger charge is 2.20. The van der Waals surface area contributed by atoms with Crippen LogP contribution in [0.1, 0.15) is 44.8 Å². The number of furan rings is 1. The predicted octanol–water partition coefficient (Wildman–Crippen LogP) is 1.99. The minimum absolute atomic E-state index is 0.167. The van der Waals surface area contributed by atoms with Gasteiger partial charge in [0.05, 0.1) is 6.54 Å². The topological polar surface area (TPSA) is 85.3 Å². The Bertz CT molecular complexity index is 510. The quantitative estimate of drug-likeness (QED) is 0.866. The predicted molar refractivity (Wildman–Crippen MR) is 73.0 cm³/mol. The molecule has 1 aliphatic rings. The van der Waals surface area contributed by atoms with Crippen LogP contribution in [-0.2, 0) is 16.6 Å². The molecule has 2 atom stereocenters. The first-order chi connectivity index (χ1) is 8.99. The van der Waals surface area contributed by atoms with Crippen molar-refractivity contribution in [1.29, 1.82) is 0 Å². The van der Waals surface area contributed by atoms with E-state index in [-0.39, 0.29) is 5.09 Å². The third kappa shape index (κ3) is 4.06. The Morgan fingerprint density at radius 2 is 2.21 bits per heavy atom. The molecule has 19 heavy (non-hydrogen) atoms. The zero-order valence-electron chi connectivity index (χ0n) is 11.3. The molecule has 2 rings (SSSR count). The number of hydrogen-bond donors (Lipinski definition) is 2. The van der Waals surface area contributed by atoms with E-state index in [4.69, 9.17) is 9.56 Å². The van der Waals surface area contributed by atoms with Crippen LogP contribution in [0.2, 0.25) is 0 Å². The monoisotopic (exact) mass is 286 g/mol. The van der Waals surface area contributed by atoms with Gasteiger partial charge in [0.25, 0.3) is 10.0 Å². The Balaban J connectivity index is 1.87. The van der Waals surface area contributed by atoms with E-state index in [1.807, 2.05) is 0 Å². The lowest BCUT2D eigenvalue weighted by molar-refractivity contribution is 0.271. The zero-order chi connectivity index (χ0) is 13.9. The van der Waals surface area contributed by atoms with Crippen LogP contribution in [0.5, 0.6) is 0 Å². The van der Waals surface area contributed by atoms with Gasteiger partial charge in [0.1, 0.15) is 5.76 Å². The van der Waals surface area contributed by atoms with E-state index in [9.17, 15) is 8.42 Å². The summed E-state index contributed by atoms with van der Waals surface area (Å²) in [6.07, 6.45) is 6.19. The summed E-state index contributed by atoms with van der Waals surface area (Å²) in [5.74, 6) is 1.42. The van der Waals surface area contributed by atoms with Crippen molar-refractivity contribution < 1.29 is 12.8 Å². The summed E-state index contributed by atoms with van der Waals surface area (Å²) in [6.45, 7) is 2.79. The fourth-order valence-electron chi connectivity index (χ4n) is 2.70. The number of nitrogens with one attached hydrogen (secondary N) is 1. The average molecular weight is 286 g/mol.